The van der Waals surface area contributed by atoms with Gasteiger partial charge in [-0.2, -0.15) is 0 Å². The number of amides is 1. The molecule has 0 spiro atoms. The summed E-state index contributed by atoms with van der Waals surface area (Å²) in [5.74, 6) is -1.65. The van der Waals surface area contributed by atoms with Gasteiger partial charge in [0, 0.05) is 12.0 Å². The Morgan fingerprint density at radius 2 is 1.86 bits per heavy atom. The van der Waals surface area contributed by atoms with Crippen molar-refractivity contribution in [3.8, 4) is 0 Å². The Morgan fingerprint density at radius 3 is 2.41 bits per heavy atom. The number of hydrogen-bond acceptors (Lipinski definition) is 3. The van der Waals surface area contributed by atoms with Crippen LogP contribution in [0, 0.1) is 5.82 Å². The largest absolute Gasteiger partial charge is 0.479 e. The average Bonchev–Trinajstić information content (AvgIpc) is 2.95. The van der Waals surface area contributed by atoms with Crippen LogP contribution in [0.25, 0.3) is 0 Å². The van der Waals surface area contributed by atoms with Crippen molar-refractivity contribution in [2.75, 3.05) is 6.54 Å². The summed E-state index contributed by atoms with van der Waals surface area (Å²) in [5, 5.41) is 11.6. The summed E-state index contributed by atoms with van der Waals surface area (Å²) in [6.45, 7) is 4.24. The summed E-state index contributed by atoms with van der Waals surface area (Å²) in [5.41, 5.74) is 0.540. The Labute approximate surface area is 128 Å². The molecule has 120 valence electrons. The molecule has 1 amide bonds. The molecule has 1 aromatic carbocycles. The summed E-state index contributed by atoms with van der Waals surface area (Å²) in [4.78, 5) is 22.9. The summed E-state index contributed by atoms with van der Waals surface area (Å²) in [6, 6.07) is 6.15. The molecule has 0 saturated carbocycles. The van der Waals surface area contributed by atoms with Gasteiger partial charge in [-0.1, -0.05) is 26.0 Å². The lowest BCUT2D eigenvalue weighted by atomic mass is 9.84. The second-order valence-corrected chi connectivity index (χ2v) is 6.14. The van der Waals surface area contributed by atoms with E-state index in [0.717, 1.165) is 5.56 Å². The van der Waals surface area contributed by atoms with E-state index in [1.807, 2.05) is 13.8 Å². The van der Waals surface area contributed by atoms with Crippen LogP contribution < -0.4 is 5.32 Å². The van der Waals surface area contributed by atoms with E-state index < -0.39 is 18.2 Å². The number of carboxylic acids is 1. The molecule has 1 heterocycles. The molecule has 5 nitrogen and oxygen atoms in total. The van der Waals surface area contributed by atoms with Crippen molar-refractivity contribution in [3.63, 3.8) is 0 Å². The Balaban J connectivity index is 1.90. The minimum atomic E-state index is -1.04. The minimum absolute atomic E-state index is 0.303. The Morgan fingerprint density at radius 1 is 1.27 bits per heavy atom. The number of halogens is 1. The quantitative estimate of drug-likeness (QED) is 0.870. The van der Waals surface area contributed by atoms with E-state index in [-0.39, 0.29) is 17.1 Å². The Bertz CT molecular complexity index is 556. The number of carbonyl (C=O) groups is 2. The number of carbonyl (C=O) groups excluding carboxylic acids is 1. The van der Waals surface area contributed by atoms with Gasteiger partial charge < -0.3 is 15.2 Å². The van der Waals surface area contributed by atoms with Crippen molar-refractivity contribution in [1.29, 1.82) is 0 Å². The second-order valence-electron chi connectivity index (χ2n) is 6.14. The lowest BCUT2D eigenvalue weighted by molar-refractivity contribution is -0.151. The summed E-state index contributed by atoms with van der Waals surface area (Å²) in [6.07, 6.45) is -0.875. The van der Waals surface area contributed by atoms with Crippen LogP contribution >= 0.6 is 0 Å². The number of hydrogen-bond donors (Lipinski definition) is 2. The molecular weight excluding hydrogens is 289 g/mol. The first-order valence-electron chi connectivity index (χ1n) is 7.21. The zero-order valence-corrected chi connectivity index (χ0v) is 12.6. The molecule has 1 saturated heterocycles. The maximum absolute atomic E-state index is 13.0. The molecule has 0 aliphatic carbocycles. The standard InChI is InChI=1S/C16H20FNO4/c1-16(2,10-3-5-11(17)6-4-10)9-18-14(19)12-7-8-13(22-12)15(20)21/h3-6,12-13H,7-9H2,1-2H3,(H,18,19)(H,20,21)/t12-,13+/m0/s1. The highest BCUT2D eigenvalue weighted by Gasteiger charge is 2.35. The van der Waals surface area contributed by atoms with Gasteiger partial charge in [0.2, 0.25) is 5.91 Å². The second kappa shape index (κ2) is 6.44. The molecule has 1 aromatic rings. The monoisotopic (exact) mass is 309 g/mol. The molecule has 1 aliphatic rings. The van der Waals surface area contributed by atoms with Crippen LogP contribution in [0.5, 0.6) is 0 Å². The first-order chi connectivity index (χ1) is 10.3. The number of benzene rings is 1. The molecule has 6 heteroatoms. The van der Waals surface area contributed by atoms with Crippen LogP contribution in [0.3, 0.4) is 0 Å². The number of ether oxygens (including phenoxy) is 1. The van der Waals surface area contributed by atoms with Crippen LogP contribution in [-0.4, -0.2) is 35.7 Å². The molecule has 0 bridgehead atoms. The molecule has 1 fully saturated rings. The van der Waals surface area contributed by atoms with Crippen molar-refractivity contribution in [2.45, 2.75) is 44.3 Å². The van der Waals surface area contributed by atoms with E-state index in [9.17, 15) is 14.0 Å². The number of nitrogens with one attached hydrogen (secondary N) is 1. The van der Waals surface area contributed by atoms with E-state index in [1.54, 1.807) is 12.1 Å². The molecule has 0 radical (unpaired) electrons. The molecule has 2 atom stereocenters. The van der Waals surface area contributed by atoms with Crippen LogP contribution in [0.2, 0.25) is 0 Å². The zero-order valence-electron chi connectivity index (χ0n) is 12.6. The van der Waals surface area contributed by atoms with Crippen LogP contribution in [-0.2, 0) is 19.7 Å². The first kappa shape index (κ1) is 16.4. The molecule has 2 rings (SSSR count). The summed E-state index contributed by atoms with van der Waals surface area (Å²) >= 11 is 0. The Kier molecular flexibility index (Phi) is 4.81. The fraction of sp³-hybridized carbons (Fsp3) is 0.500. The number of carboxylic acid groups (broad SMARTS) is 1. The van der Waals surface area contributed by atoms with E-state index in [4.69, 9.17) is 9.84 Å². The van der Waals surface area contributed by atoms with Gasteiger partial charge in [0.15, 0.2) is 6.10 Å². The molecule has 1 aliphatic heterocycles. The van der Waals surface area contributed by atoms with Crippen LogP contribution in [0.1, 0.15) is 32.3 Å². The third-order valence-electron chi connectivity index (χ3n) is 3.92. The third-order valence-corrected chi connectivity index (χ3v) is 3.92. The fourth-order valence-corrected chi connectivity index (χ4v) is 2.44. The van der Waals surface area contributed by atoms with Crippen molar-refractivity contribution in [1.82, 2.24) is 5.32 Å². The Hall–Kier alpha value is -1.95. The van der Waals surface area contributed by atoms with Crippen LogP contribution in [0.4, 0.5) is 4.39 Å². The summed E-state index contributed by atoms with van der Waals surface area (Å²) in [7, 11) is 0. The maximum Gasteiger partial charge on any atom is 0.332 e. The molecular formula is C16H20FNO4. The van der Waals surface area contributed by atoms with Gasteiger partial charge in [-0.25, -0.2) is 9.18 Å². The summed E-state index contributed by atoms with van der Waals surface area (Å²) < 4.78 is 18.2. The maximum atomic E-state index is 13.0. The predicted octanol–water partition coefficient (Wildman–Crippen LogP) is 1.85. The van der Waals surface area contributed by atoms with E-state index in [0.29, 0.717) is 19.4 Å². The predicted molar refractivity (Wildman–Crippen MR) is 78.0 cm³/mol. The lowest BCUT2D eigenvalue weighted by Gasteiger charge is -2.26. The van der Waals surface area contributed by atoms with Gasteiger partial charge in [-0.15, -0.1) is 0 Å². The molecule has 22 heavy (non-hydrogen) atoms. The normalized spacial score (nSPS) is 21.6. The average molecular weight is 309 g/mol. The van der Waals surface area contributed by atoms with Crippen LogP contribution in [0.15, 0.2) is 24.3 Å². The van der Waals surface area contributed by atoms with Crippen molar-refractivity contribution >= 4 is 11.9 Å². The highest BCUT2D eigenvalue weighted by atomic mass is 19.1. The fourth-order valence-electron chi connectivity index (χ4n) is 2.44. The van der Waals surface area contributed by atoms with E-state index in [2.05, 4.69) is 5.32 Å². The van der Waals surface area contributed by atoms with Gasteiger partial charge in [0.25, 0.3) is 0 Å². The van der Waals surface area contributed by atoms with E-state index in [1.165, 1.54) is 12.1 Å². The number of aliphatic carboxylic acids is 1. The smallest absolute Gasteiger partial charge is 0.332 e. The van der Waals surface area contributed by atoms with Crippen molar-refractivity contribution < 1.29 is 23.8 Å². The highest BCUT2D eigenvalue weighted by molar-refractivity contribution is 5.82. The molecule has 2 N–H and O–H groups in total. The van der Waals surface area contributed by atoms with Gasteiger partial charge in [-0.05, 0) is 30.5 Å². The molecule has 0 unspecified atom stereocenters. The third kappa shape index (κ3) is 3.82. The molecule has 0 aromatic heterocycles. The first-order valence-corrected chi connectivity index (χ1v) is 7.21. The minimum Gasteiger partial charge on any atom is -0.479 e. The van der Waals surface area contributed by atoms with Gasteiger partial charge >= 0.3 is 5.97 Å². The zero-order chi connectivity index (χ0) is 16.3. The topological polar surface area (TPSA) is 75.6 Å². The van der Waals surface area contributed by atoms with Crippen molar-refractivity contribution in [3.05, 3.63) is 35.6 Å². The van der Waals surface area contributed by atoms with Gasteiger partial charge in [0.05, 0.1) is 0 Å². The van der Waals surface area contributed by atoms with Crippen molar-refractivity contribution in [2.24, 2.45) is 0 Å². The van der Waals surface area contributed by atoms with Gasteiger partial charge in [-0.3, -0.25) is 4.79 Å². The SMILES string of the molecule is CC(C)(CNC(=O)[C@@H]1CC[C@H](C(=O)O)O1)c1ccc(F)cc1. The lowest BCUT2D eigenvalue weighted by Crippen LogP contribution is -2.42. The highest BCUT2D eigenvalue weighted by Crippen LogP contribution is 2.24. The number of rotatable bonds is 5. The van der Waals surface area contributed by atoms with Gasteiger partial charge in [0.1, 0.15) is 11.9 Å². The van der Waals surface area contributed by atoms with E-state index >= 15 is 0 Å².